The molecule has 0 saturated carbocycles. The third kappa shape index (κ3) is 5.54. The van der Waals surface area contributed by atoms with E-state index in [1.807, 2.05) is 18.2 Å². The topological polar surface area (TPSA) is 33.3 Å². The van der Waals surface area contributed by atoms with Gasteiger partial charge in [0.1, 0.15) is 0 Å². The Balaban J connectivity index is 1.13. The van der Waals surface area contributed by atoms with E-state index in [2.05, 4.69) is 65.2 Å². The van der Waals surface area contributed by atoms with Gasteiger partial charge in [0.05, 0.1) is 23.8 Å². The number of halogens is 3. The maximum absolute atomic E-state index is 13.6. The summed E-state index contributed by atoms with van der Waals surface area (Å²) in [4.78, 5) is 0. The van der Waals surface area contributed by atoms with E-state index in [1.165, 1.54) is 22.4 Å². The van der Waals surface area contributed by atoms with Crippen LogP contribution in [0.25, 0.3) is 10.8 Å². The molecule has 0 aliphatic carbocycles. The molecule has 202 valence electrons. The standard InChI is InChI=1S/C33H33F3N2O/c34-33(35,36)25-15-18-30-29(20-25)32-28(31(38-30)24-9-2-1-3-10-24)17-16-26(39-32)21-37-19-7-13-23-12-6-11-22-8-4-5-14-27(22)23/h1-6,8-12,14-15,18,20,26,28,31-32,37-38H,7,13,16-17,19,21H2/t26-,28+,31+,32?/m1/s1. The number of hydrogen-bond acceptors (Lipinski definition) is 3. The first kappa shape index (κ1) is 25.9. The second-order valence-electron chi connectivity index (χ2n) is 10.7. The quantitative estimate of drug-likeness (QED) is 0.237. The molecule has 4 atom stereocenters. The molecule has 0 spiro atoms. The molecule has 1 saturated heterocycles. The number of alkyl halides is 3. The molecule has 2 heterocycles. The van der Waals surface area contributed by atoms with Crippen molar-refractivity contribution < 1.29 is 17.9 Å². The van der Waals surface area contributed by atoms with Crippen LogP contribution in [0.15, 0.2) is 91.0 Å². The fraction of sp³-hybridized carbons (Fsp3) is 0.333. The van der Waals surface area contributed by atoms with Crippen molar-refractivity contribution in [3.05, 3.63) is 113 Å². The van der Waals surface area contributed by atoms with Gasteiger partial charge >= 0.3 is 6.18 Å². The van der Waals surface area contributed by atoms with Crippen LogP contribution in [0.3, 0.4) is 0 Å². The first-order valence-electron chi connectivity index (χ1n) is 13.8. The molecule has 0 aromatic heterocycles. The Hall–Kier alpha value is -3.35. The Morgan fingerprint density at radius 2 is 1.67 bits per heavy atom. The van der Waals surface area contributed by atoms with Crippen molar-refractivity contribution in [2.24, 2.45) is 5.92 Å². The van der Waals surface area contributed by atoms with Crippen LogP contribution < -0.4 is 10.6 Å². The van der Waals surface area contributed by atoms with Gasteiger partial charge in [-0.3, -0.25) is 0 Å². The van der Waals surface area contributed by atoms with Crippen molar-refractivity contribution in [2.45, 2.75) is 50.1 Å². The summed E-state index contributed by atoms with van der Waals surface area (Å²) >= 11 is 0. The van der Waals surface area contributed by atoms with Crippen molar-refractivity contribution in [3.8, 4) is 0 Å². The second-order valence-corrected chi connectivity index (χ2v) is 10.7. The number of benzene rings is 4. The molecule has 0 bridgehead atoms. The summed E-state index contributed by atoms with van der Waals surface area (Å²) in [6.07, 6.45) is -1.06. The molecule has 6 heteroatoms. The molecule has 39 heavy (non-hydrogen) atoms. The van der Waals surface area contributed by atoms with Crippen LogP contribution in [0.1, 0.15) is 53.7 Å². The summed E-state index contributed by atoms with van der Waals surface area (Å²) < 4.78 is 47.3. The highest BCUT2D eigenvalue weighted by atomic mass is 19.4. The van der Waals surface area contributed by atoms with E-state index in [-0.39, 0.29) is 24.2 Å². The lowest BCUT2D eigenvalue weighted by molar-refractivity contribution is -0.138. The normalized spacial score (nSPS) is 22.6. The average Bonchev–Trinajstić information content (AvgIpc) is 2.96. The average molecular weight is 531 g/mol. The Bertz CT molecular complexity index is 1420. The first-order chi connectivity index (χ1) is 19.0. The SMILES string of the molecule is FC(F)(F)c1ccc2c(c1)C1O[C@@H](CNCCCc3cccc4ccccc34)CC[C@H]1[C@H](c1ccccc1)N2. The van der Waals surface area contributed by atoms with E-state index >= 15 is 0 Å². The third-order valence-electron chi connectivity index (χ3n) is 8.18. The van der Waals surface area contributed by atoms with Crippen LogP contribution in [-0.2, 0) is 17.3 Å². The van der Waals surface area contributed by atoms with Crippen molar-refractivity contribution in [3.63, 3.8) is 0 Å². The molecule has 2 aliphatic rings. The van der Waals surface area contributed by atoms with Crippen molar-refractivity contribution in [1.29, 1.82) is 0 Å². The second kappa shape index (κ2) is 11.0. The molecule has 6 rings (SSSR count). The van der Waals surface area contributed by atoms with Gasteiger partial charge in [-0.25, -0.2) is 0 Å². The van der Waals surface area contributed by atoms with E-state index in [0.717, 1.165) is 49.5 Å². The lowest BCUT2D eigenvalue weighted by atomic mass is 9.76. The third-order valence-corrected chi connectivity index (χ3v) is 8.18. The van der Waals surface area contributed by atoms with E-state index in [1.54, 1.807) is 6.07 Å². The number of ether oxygens (including phenoxy) is 1. The molecule has 4 aromatic carbocycles. The Kier molecular flexibility index (Phi) is 7.32. The smallest absolute Gasteiger partial charge is 0.378 e. The predicted molar refractivity (Wildman–Crippen MR) is 150 cm³/mol. The minimum absolute atomic E-state index is 0.00459. The molecule has 1 unspecified atom stereocenters. The van der Waals surface area contributed by atoms with Crippen molar-refractivity contribution >= 4 is 16.5 Å². The molecule has 1 fully saturated rings. The van der Waals surface area contributed by atoms with Crippen LogP contribution in [0.5, 0.6) is 0 Å². The molecule has 3 nitrogen and oxygen atoms in total. The number of fused-ring (bicyclic) bond motifs is 4. The van der Waals surface area contributed by atoms with Crippen LogP contribution in [-0.4, -0.2) is 19.2 Å². The maximum atomic E-state index is 13.6. The van der Waals surface area contributed by atoms with Gasteiger partial charge < -0.3 is 15.4 Å². The van der Waals surface area contributed by atoms with Crippen molar-refractivity contribution in [1.82, 2.24) is 5.32 Å². The summed E-state index contributed by atoms with van der Waals surface area (Å²) in [7, 11) is 0. The lowest BCUT2D eigenvalue weighted by Gasteiger charge is -2.46. The Labute approximate surface area is 227 Å². The van der Waals surface area contributed by atoms with E-state index in [4.69, 9.17) is 4.74 Å². The fourth-order valence-electron chi connectivity index (χ4n) is 6.25. The molecule has 0 amide bonds. The zero-order chi connectivity index (χ0) is 26.8. The fourth-order valence-corrected chi connectivity index (χ4v) is 6.25. The monoisotopic (exact) mass is 530 g/mol. The van der Waals surface area contributed by atoms with Gasteiger partial charge in [0.25, 0.3) is 0 Å². The summed E-state index contributed by atoms with van der Waals surface area (Å²) in [5.41, 5.74) is 3.19. The van der Waals surface area contributed by atoms with Gasteiger partial charge in [-0.2, -0.15) is 13.2 Å². The van der Waals surface area contributed by atoms with Gasteiger partial charge in [-0.15, -0.1) is 0 Å². The highest BCUT2D eigenvalue weighted by molar-refractivity contribution is 5.85. The van der Waals surface area contributed by atoms with Crippen molar-refractivity contribution in [2.75, 3.05) is 18.4 Å². The molecule has 2 aliphatic heterocycles. The Morgan fingerprint density at radius 3 is 2.51 bits per heavy atom. The molecule has 0 radical (unpaired) electrons. The highest BCUT2D eigenvalue weighted by Crippen LogP contribution is 2.51. The zero-order valence-electron chi connectivity index (χ0n) is 21.8. The van der Waals surface area contributed by atoms with Gasteiger partial charge in [0, 0.05) is 23.7 Å². The van der Waals surface area contributed by atoms with Gasteiger partial charge in [-0.1, -0.05) is 72.8 Å². The minimum Gasteiger partial charge on any atom is -0.378 e. The van der Waals surface area contributed by atoms with Gasteiger partial charge in [-0.05, 0) is 72.3 Å². The lowest BCUT2D eigenvalue weighted by Crippen LogP contribution is -2.42. The van der Waals surface area contributed by atoms with E-state index in [9.17, 15) is 13.2 Å². The van der Waals surface area contributed by atoms with Crippen LogP contribution in [0.2, 0.25) is 0 Å². The first-order valence-corrected chi connectivity index (χ1v) is 13.8. The van der Waals surface area contributed by atoms with E-state index < -0.39 is 11.7 Å². The van der Waals surface area contributed by atoms with Crippen LogP contribution in [0.4, 0.5) is 18.9 Å². The summed E-state index contributed by atoms with van der Waals surface area (Å²) in [6, 6.07) is 29.0. The number of hydrogen-bond donors (Lipinski definition) is 2. The minimum atomic E-state index is -4.39. The van der Waals surface area contributed by atoms with Crippen LogP contribution >= 0.6 is 0 Å². The van der Waals surface area contributed by atoms with Gasteiger partial charge in [0.15, 0.2) is 0 Å². The number of anilines is 1. The number of nitrogens with one attached hydrogen (secondary N) is 2. The predicted octanol–water partition coefficient (Wildman–Crippen LogP) is 8.08. The van der Waals surface area contributed by atoms with Gasteiger partial charge in [0.2, 0.25) is 0 Å². The summed E-state index contributed by atoms with van der Waals surface area (Å²) in [6.45, 7) is 1.55. The highest BCUT2D eigenvalue weighted by Gasteiger charge is 2.43. The Morgan fingerprint density at radius 1 is 0.872 bits per heavy atom. The molecular formula is C33H33F3N2O. The summed E-state index contributed by atoms with van der Waals surface area (Å²) in [5, 5.41) is 9.65. The number of rotatable bonds is 7. The zero-order valence-corrected chi connectivity index (χ0v) is 21.8. The van der Waals surface area contributed by atoms with Crippen LogP contribution in [0, 0.1) is 5.92 Å². The maximum Gasteiger partial charge on any atom is 0.416 e. The molecule has 4 aromatic rings. The van der Waals surface area contributed by atoms with E-state index in [0.29, 0.717) is 12.1 Å². The molecule has 2 N–H and O–H groups in total. The largest absolute Gasteiger partial charge is 0.416 e. The summed E-state index contributed by atoms with van der Waals surface area (Å²) in [5.74, 6) is 0.0611. The molecular weight excluding hydrogens is 497 g/mol. The number of aryl methyl sites for hydroxylation is 1.